The zero-order chi connectivity index (χ0) is 10.8. The van der Waals surface area contributed by atoms with E-state index in [1.165, 1.54) is 0 Å². The lowest BCUT2D eigenvalue weighted by atomic mass is 10.2. The topological polar surface area (TPSA) is 54.6 Å². The third kappa shape index (κ3) is 2.02. The van der Waals surface area contributed by atoms with Gasteiger partial charge in [-0.05, 0) is 12.8 Å². The molecule has 0 saturated carbocycles. The number of aliphatic carboxylic acids is 1. The minimum atomic E-state index is -0.759. The monoisotopic (exact) mass is 224 g/mol. The number of carbonyl (C=O) groups is 1. The van der Waals surface area contributed by atoms with Crippen molar-refractivity contribution >= 4 is 22.3 Å². The molecule has 2 aromatic heterocycles. The van der Waals surface area contributed by atoms with Crippen LogP contribution in [0.5, 0.6) is 0 Å². The summed E-state index contributed by atoms with van der Waals surface area (Å²) in [4.78, 5) is 15.8. The van der Waals surface area contributed by atoms with Crippen LogP contribution in [0.25, 0.3) is 4.96 Å². The minimum absolute atomic E-state index is 0.172. The zero-order valence-electron chi connectivity index (χ0n) is 8.43. The number of carboxylic acid groups (broad SMARTS) is 1. The van der Waals surface area contributed by atoms with Gasteiger partial charge in [-0.15, -0.1) is 11.3 Å². The number of aryl methyl sites for hydroxylation is 2. The molecule has 80 valence electrons. The molecule has 0 aliphatic rings. The molecule has 0 atom stereocenters. The summed E-state index contributed by atoms with van der Waals surface area (Å²) in [5, 5.41) is 10.6. The molecule has 0 spiro atoms. The summed E-state index contributed by atoms with van der Waals surface area (Å²) in [6.45, 7) is 2.06. The summed E-state index contributed by atoms with van der Waals surface area (Å²) in [6, 6.07) is 0. The fourth-order valence-electron chi connectivity index (χ4n) is 1.46. The molecule has 0 aromatic carbocycles. The molecule has 15 heavy (non-hydrogen) atoms. The van der Waals surface area contributed by atoms with Crippen LogP contribution >= 0.6 is 11.3 Å². The van der Waals surface area contributed by atoms with Crippen LogP contribution in [0.1, 0.15) is 24.7 Å². The maximum Gasteiger partial charge on any atom is 0.303 e. The Morgan fingerprint density at radius 1 is 1.67 bits per heavy atom. The lowest BCUT2D eigenvalue weighted by Crippen LogP contribution is -1.99. The van der Waals surface area contributed by atoms with Crippen molar-refractivity contribution in [3.63, 3.8) is 0 Å². The molecule has 0 aliphatic carbocycles. The van der Waals surface area contributed by atoms with Crippen molar-refractivity contribution in [3.05, 3.63) is 23.0 Å². The van der Waals surface area contributed by atoms with Crippen LogP contribution in [0.4, 0.5) is 0 Å². The second-order valence-corrected chi connectivity index (χ2v) is 4.20. The predicted octanol–water partition coefficient (Wildman–Crippen LogP) is 1.98. The number of hydrogen-bond donors (Lipinski definition) is 1. The van der Waals surface area contributed by atoms with E-state index in [0.717, 1.165) is 22.8 Å². The van der Waals surface area contributed by atoms with Crippen molar-refractivity contribution in [1.29, 1.82) is 0 Å². The highest BCUT2D eigenvalue weighted by Gasteiger charge is 2.08. The van der Waals surface area contributed by atoms with Crippen LogP contribution in [0.3, 0.4) is 0 Å². The molecule has 0 radical (unpaired) electrons. The Morgan fingerprint density at radius 2 is 2.47 bits per heavy atom. The first kappa shape index (κ1) is 10.2. The lowest BCUT2D eigenvalue weighted by molar-refractivity contribution is -0.136. The van der Waals surface area contributed by atoms with Crippen molar-refractivity contribution in [2.75, 3.05) is 0 Å². The van der Waals surface area contributed by atoms with Crippen molar-refractivity contribution in [2.45, 2.75) is 26.2 Å². The molecule has 0 aliphatic heterocycles. The summed E-state index contributed by atoms with van der Waals surface area (Å²) >= 11 is 1.56. The largest absolute Gasteiger partial charge is 0.481 e. The third-order valence-electron chi connectivity index (χ3n) is 2.29. The minimum Gasteiger partial charge on any atom is -0.481 e. The summed E-state index contributed by atoms with van der Waals surface area (Å²) in [5.74, 6) is -0.759. The number of hydrogen-bond acceptors (Lipinski definition) is 3. The Labute approximate surface area is 91.2 Å². The van der Waals surface area contributed by atoms with Crippen molar-refractivity contribution < 1.29 is 9.90 Å². The van der Waals surface area contributed by atoms with Crippen LogP contribution in [0.2, 0.25) is 0 Å². The highest BCUT2D eigenvalue weighted by molar-refractivity contribution is 7.15. The molecule has 0 unspecified atom stereocenters. The van der Waals surface area contributed by atoms with Crippen LogP contribution in [-0.2, 0) is 17.6 Å². The average molecular weight is 224 g/mol. The van der Waals surface area contributed by atoms with E-state index in [2.05, 4.69) is 11.9 Å². The smallest absolute Gasteiger partial charge is 0.303 e. The Hall–Kier alpha value is -1.36. The fraction of sp³-hybridized carbons (Fsp3) is 0.400. The van der Waals surface area contributed by atoms with Crippen molar-refractivity contribution in [2.24, 2.45) is 0 Å². The fourth-order valence-corrected chi connectivity index (χ4v) is 2.39. The Bertz CT molecular complexity index is 487. The molecular weight excluding hydrogens is 212 g/mol. The lowest BCUT2D eigenvalue weighted by Gasteiger charge is -1.95. The Morgan fingerprint density at radius 3 is 3.13 bits per heavy atom. The van der Waals surface area contributed by atoms with E-state index in [1.54, 1.807) is 11.3 Å². The second kappa shape index (κ2) is 4.02. The average Bonchev–Trinajstić information content (AvgIpc) is 2.73. The van der Waals surface area contributed by atoms with Gasteiger partial charge in [0.05, 0.1) is 12.1 Å². The zero-order valence-corrected chi connectivity index (χ0v) is 9.25. The summed E-state index contributed by atoms with van der Waals surface area (Å²) in [5.41, 5.74) is 2.09. The number of aromatic nitrogens is 2. The van der Waals surface area contributed by atoms with E-state index >= 15 is 0 Å². The Kier molecular flexibility index (Phi) is 2.73. The van der Waals surface area contributed by atoms with Gasteiger partial charge in [0.15, 0.2) is 4.96 Å². The quantitative estimate of drug-likeness (QED) is 0.863. The van der Waals surface area contributed by atoms with Gasteiger partial charge in [0.25, 0.3) is 0 Å². The van der Waals surface area contributed by atoms with E-state index in [-0.39, 0.29) is 6.42 Å². The number of imidazole rings is 1. The number of thiazole rings is 1. The maximum atomic E-state index is 10.5. The highest BCUT2D eigenvalue weighted by atomic mass is 32.1. The third-order valence-corrected chi connectivity index (χ3v) is 3.18. The highest BCUT2D eigenvalue weighted by Crippen LogP contribution is 2.18. The molecule has 0 amide bonds. The van der Waals surface area contributed by atoms with Crippen molar-refractivity contribution in [3.8, 4) is 0 Å². The summed E-state index contributed by atoms with van der Waals surface area (Å²) in [7, 11) is 0. The molecule has 2 rings (SSSR count). The van der Waals surface area contributed by atoms with Gasteiger partial charge in [0.1, 0.15) is 0 Å². The summed E-state index contributed by atoms with van der Waals surface area (Å²) < 4.78 is 1.99. The number of nitrogens with zero attached hydrogens (tertiary/aromatic N) is 2. The van der Waals surface area contributed by atoms with Gasteiger partial charge in [0.2, 0.25) is 0 Å². The van der Waals surface area contributed by atoms with Crippen LogP contribution in [-0.4, -0.2) is 20.5 Å². The first-order valence-electron chi connectivity index (χ1n) is 4.87. The maximum absolute atomic E-state index is 10.5. The van der Waals surface area contributed by atoms with Crippen LogP contribution < -0.4 is 0 Å². The molecule has 0 fully saturated rings. The van der Waals surface area contributed by atoms with E-state index in [4.69, 9.17) is 5.11 Å². The van der Waals surface area contributed by atoms with Crippen LogP contribution in [0.15, 0.2) is 11.6 Å². The van der Waals surface area contributed by atoms with E-state index in [1.807, 2.05) is 16.0 Å². The SMILES string of the molecule is CCc1cn2c(CCC(=O)O)csc2n1. The first-order chi connectivity index (χ1) is 7.20. The van der Waals surface area contributed by atoms with E-state index < -0.39 is 5.97 Å². The molecule has 5 heteroatoms. The molecule has 0 saturated heterocycles. The predicted molar refractivity (Wildman–Crippen MR) is 58.4 cm³/mol. The molecule has 1 N–H and O–H groups in total. The standard InChI is InChI=1S/C10H12N2O2S/c1-2-7-5-12-8(3-4-9(13)14)6-15-10(12)11-7/h5-6H,2-4H2,1H3,(H,13,14). The molecule has 0 bridgehead atoms. The normalized spacial score (nSPS) is 11.0. The van der Waals surface area contributed by atoms with Gasteiger partial charge >= 0.3 is 5.97 Å². The molecule has 2 heterocycles. The van der Waals surface area contributed by atoms with E-state index in [0.29, 0.717) is 6.42 Å². The van der Waals surface area contributed by atoms with Gasteiger partial charge < -0.3 is 5.11 Å². The van der Waals surface area contributed by atoms with Gasteiger partial charge in [0, 0.05) is 17.3 Å². The molecular formula is C10H12N2O2S. The number of carboxylic acids is 1. The van der Waals surface area contributed by atoms with Gasteiger partial charge in [-0.1, -0.05) is 6.92 Å². The van der Waals surface area contributed by atoms with Gasteiger partial charge in [-0.2, -0.15) is 0 Å². The second-order valence-electron chi connectivity index (χ2n) is 3.36. The first-order valence-corrected chi connectivity index (χ1v) is 5.74. The summed E-state index contributed by atoms with van der Waals surface area (Å²) in [6.07, 6.45) is 3.64. The van der Waals surface area contributed by atoms with Crippen LogP contribution in [0, 0.1) is 0 Å². The molecule has 2 aromatic rings. The van der Waals surface area contributed by atoms with Crippen molar-refractivity contribution in [1.82, 2.24) is 9.38 Å². The van der Waals surface area contributed by atoms with Gasteiger partial charge in [-0.25, -0.2) is 4.98 Å². The Balaban J connectivity index is 2.26. The number of fused-ring (bicyclic) bond motifs is 1. The number of rotatable bonds is 4. The van der Waals surface area contributed by atoms with E-state index in [9.17, 15) is 4.79 Å². The van der Waals surface area contributed by atoms with Gasteiger partial charge in [-0.3, -0.25) is 9.20 Å². The molecule has 4 nitrogen and oxygen atoms in total.